The summed E-state index contributed by atoms with van der Waals surface area (Å²) >= 11 is 0. The maximum Gasteiger partial charge on any atom is 0.267 e. The number of halogens is 2. The molecule has 0 fully saturated rings. The van der Waals surface area contributed by atoms with Crippen LogP contribution in [0.1, 0.15) is 10.5 Å². The summed E-state index contributed by atoms with van der Waals surface area (Å²) in [5.41, 5.74) is 4.90. The summed E-state index contributed by atoms with van der Waals surface area (Å²) in [7, 11) is 0. The Kier molecular flexibility index (Phi) is 2.40. The second-order valence-electron chi connectivity index (χ2n) is 3.09. The Balaban J connectivity index is 2.62. The van der Waals surface area contributed by atoms with Crippen molar-refractivity contribution in [2.45, 2.75) is 0 Å². The van der Waals surface area contributed by atoms with Gasteiger partial charge in [-0.1, -0.05) is 0 Å². The van der Waals surface area contributed by atoms with Crippen molar-refractivity contribution in [3.05, 3.63) is 47.8 Å². The van der Waals surface area contributed by atoms with Crippen molar-refractivity contribution in [2.75, 3.05) is 0 Å². The molecule has 6 heteroatoms. The molecule has 2 N–H and O–H groups in total. The van der Waals surface area contributed by atoms with E-state index in [2.05, 4.69) is 5.10 Å². The topological polar surface area (TPSA) is 60.9 Å². The normalized spacial score (nSPS) is 10.4. The maximum atomic E-state index is 13.4. The third kappa shape index (κ3) is 1.65. The molecule has 0 radical (unpaired) electrons. The molecule has 1 aromatic carbocycles. The molecule has 1 heterocycles. The molecule has 1 aromatic heterocycles. The molecule has 4 nitrogen and oxygen atoms in total. The first-order valence-corrected chi connectivity index (χ1v) is 4.39. The fourth-order valence-corrected chi connectivity index (χ4v) is 1.33. The summed E-state index contributed by atoms with van der Waals surface area (Å²) in [6.07, 6.45) is 1.28. The molecule has 0 aliphatic rings. The van der Waals surface area contributed by atoms with Gasteiger partial charge in [-0.3, -0.25) is 4.79 Å². The van der Waals surface area contributed by atoms with E-state index in [0.29, 0.717) is 0 Å². The van der Waals surface area contributed by atoms with E-state index in [0.717, 1.165) is 22.9 Å². The fraction of sp³-hybridized carbons (Fsp3) is 0. The van der Waals surface area contributed by atoms with E-state index >= 15 is 0 Å². The third-order valence-electron chi connectivity index (χ3n) is 2.03. The number of benzene rings is 1. The smallest absolute Gasteiger partial charge is 0.267 e. The van der Waals surface area contributed by atoms with Gasteiger partial charge in [-0.25, -0.2) is 13.5 Å². The van der Waals surface area contributed by atoms with Crippen molar-refractivity contribution >= 4 is 5.91 Å². The van der Waals surface area contributed by atoms with Crippen LogP contribution in [0.3, 0.4) is 0 Å². The number of carbonyl (C=O) groups excluding carboxylic acids is 1. The van der Waals surface area contributed by atoms with Gasteiger partial charge in [0.15, 0.2) is 0 Å². The quantitative estimate of drug-likeness (QED) is 0.832. The number of hydrogen-bond donors (Lipinski definition) is 1. The second-order valence-corrected chi connectivity index (χ2v) is 3.09. The molecule has 0 saturated heterocycles. The predicted molar refractivity (Wildman–Crippen MR) is 52.0 cm³/mol. The first-order valence-electron chi connectivity index (χ1n) is 4.39. The molecule has 0 aliphatic heterocycles. The van der Waals surface area contributed by atoms with Gasteiger partial charge in [0.25, 0.3) is 5.91 Å². The summed E-state index contributed by atoms with van der Waals surface area (Å²) < 4.78 is 27.3. The van der Waals surface area contributed by atoms with Gasteiger partial charge in [0.1, 0.15) is 23.0 Å². The molecule has 2 rings (SSSR count). The Morgan fingerprint density at radius 2 is 2.06 bits per heavy atom. The molecule has 82 valence electrons. The molecular weight excluding hydrogens is 216 g/mol. The van der Waals surface area contributed by atoms with Crippen molar-refractivity contribution in [1.29, 1.82) is 0 Å². The highest BCUT2D eigenvalue weighted by Crippen LogP contribution is 2.15. The zero-order valence-electron chi connectivity index (χ0n) is 8.02. The summed E-state index contributed by atoms with van der Waals surface area (Å²) in [5, 5.41) is 3.72. The van der Waals surface area contributed by atoms with E-state index in [1.54, 1.807) is 0 Å². The van der Waals surface area contributed by atoms with Crippen LogP contribution in [0.25, 0.3) is 5.69 Å². The maximum absolute atomic E-state index is 13.4. The highest BCUT2D eigenvalue weighted by Gasteiger charge is 2.13. The first-order chi connectivity index (χ1) is 7.59. The van der Waals surface area contributed by atoms with Crippen molar-refractivity contribution in [3.63, 3.8) is 0 Å². The van der Waals surface area contributed by atoms with Crippen LogP contribution in [0.5, 0.6) is 0 Å². The predicted octanol–water partition coefficient (Wildman–Crippen LogP) is 1.25. The second kappa shape index (κ2) is 3.73. The number of hydrogen-bond acceptors (Lipinski definition) is 2. The average molecular weight is 223 g/mol. The van der Waals surface area contributed by atoms with Crippen LogP contribution < -0.4 is 5.73 Å². The zero-order chi connectivity index (χ0) is 11.7. The Labute approximate surface area is 89.3 Å². The monoisotopic (exact) mass is 223 g/mol. The molecule has 0 aliphatic carbocycles. The standard InChI is InChI=1S/C10H7F2N3O/c11-6-1-2-7(12)9(5-6)15-8(10(13)16)3-4-14-15/h1-5H,(H2,13,16). The van der Waals surface area contributed by atoms with Crippen molar-refractivity contribution < 1.29 is 13.6 Å². The minimum atomic E-state index is -0.763. The molecule has 0 saturated carbocycles. The molecule has 1 amide bonds. The van der Waals surface area contributed by atoms with Gasteiger partial charge in [-0.05, 0) is 18.2 Å². The van der Waals surface area contributed by atoms with Gasteiger partial charge in [0, 0.05) is 6.07 Å². The lowest BCUT2D eigenvalue weighted by Gasteiger charge is -2.06. The number of amides is 1. The Morgan fingerprint density at radius 1 is 1.31 bits per heavy atom. The Bertz CT molecular complexity index is 551. The fourth-order valence-electron chi connectivity index (χ4n) is 1.33. The molecule has 0 spiro atoms. The molecule has 16 heavy (non-hydrogen) atoms. The van der Waals surface area contributed by atoms with E-state index in [9.17, 15) is 13.6 Å². The van der Waals surface area contributed by atoms with Crippen LogP contribution in [-0.2, 0) is 0 Å². The first kappa shape index (κ1) is 10.3. The van der Waals surface area contributed by atoms with Crippen molar-refractivity contribution in [1.82, 2.24) is 9.78 Å². The van der Waals surface area contributed by atoms with Gasteiger partial charge >= 0.3 is 0 Å². The number of nitrogens with two attached hydrogens (primary N) is 1. The lowest BCUT2D eigenvalue weighted by Crippen LogP contribution is -2.17. The van der Waals surface area contributed by atoms with Gasteiger partial charge in [-0.2, -0.15) is 5.10 Å². The van der Waals surface area contributed by atoms with Gasteiger partial charge < -0.3 is 5.73 Å². The van der Waals surface area contributed by atoms with E-state index in [4.69, 9.17) is 5.73 Å². The van der Waals surface area contributed by atoms with Crippen LogP contribution in [0, 0.1) is 11.6 Å². The molecule has 0 atom stereocenters. The van der Waals surface area contributed by atoms with E-state index in [1.807, 2.05) is 0 Å². The third-order valence-corrected chi connectivity index (χ3v) is 2.03. The minimum Gasteiger partial charge on any atom is -0.364 e. The lowest BCUT2D eigenvalue weighted by molar-refractivity contribution is 0.0993. The molecule has 0 unspecified atom stereocenters. The number of carbonyl (C=O) groups is 1. The molecule has 2 aromatic rings. The number of rotatable bonds is 2. The minimum absolute atomic E-state index is 0.00972. The number of nitrogens with zero attached hydrogens (tertiary/aromatic N) is 2. The van der Waals surface area contributed by atoms with Gasteiger partial charge in [0.2, 0.25) is 0 Å². The largest absolute Gasteiger partial charge is 0.364 e. The molecule has 0 bridgehead atoms. The van der Waals surface area contributed by atoms with Gasteiger partial charge in [0.05, 0.1) is 6.20 Å². The SMILES string of the molecule is NC(=O)c1ccnn1-c1cc(F)ccc1F. The average Bonchev–Trinajstić information content (AvgIpc) is 2.70. The summed E-state index contributed by atoms with van der Waals surface area (Å²) in [4.78, 5) is 11.0. The summed E-state index contributed by atoms with van der Waals surface area (Å²) in [6, 6.07) is 4.20. The lowest BCUT2D eigenvalue weighted by atomic mass is 10.3. The van der Waals surface area contributed by atoms with Crippen molar-refractivity contribution in [3.8, 4) is 5.69 Å². The summed E-state index contributed by atoms with van der Waals surface area (Å²) in [6.45, 7) is 0. The highest BCUT2D eigenvalue weighted by atomic mass is 19.1. The Hall–Kier alpha value is -2.24. The van der Waals surface area contributed by atoms with Crippen molar-refractivity contribution in [2.24, 2.45) is 5.73 Å². The number of primary amides is 1. The molecular formula is C10H7F2N3O. The van der Waals surface area contributed by atoms with Crippen LogP contribution in [0.15, 0.2) is 30.5 Å². The van der Waals surface area contributed by atoms with Crippen LogP contribution in [-0.4, -0.2) is 15.7 Å². The van der Waals surface area contributed by atoms with Crippen LogP contribution in [0.2, 0.25) is 0 Å². The number of aromatic nitrogens is 2. The van der Waals surface area contributed by atoms with E-state index < -0.39 is 17.5 Å². The van der Waals surface area contributed by atoms with E-state index in [-0.39, 0.29) is 11.4 Å². The van der Waals surface area contributed by atoms with Crippen LogP contribution >= 0.6 is 0 Å². The zero-order valence-corrected chi connectivity index (χ0v) is 8.02. The summed E-state index contributed by atoms with van der Waals surface area (Å²) in [5.74, 6) is -2.07. The van der Waals surface area contributed by atoms with E-state index in [1.165, 1.54) is 12.3 Å². The Morgan fingerprint density at radius 3 is 2.75 bits per heavy atom. The van der Waals surface area contributed by atoms with Gasteiger partial charge in [-0.15, -0.1) is 0 Å². The van der Waals surface area contributed by atoms with Crippen LogP contribution in [0.4, 0.5) is 8.78 Å². The highest BCUT2D eigenvalue weighted by molar-refractivity contribution is 5.91.